The highest BCUT2D eigenvalue weighted by atomic mass is 32.2. The minimum absolute atomic E-state index is 0.554. The van der Waals surface area contributed by atoms with Crippen LogP contribution in [0.4, 0.5) is 0 Å². The molecule has 1 radical (unpaired) electrons. The van der Waals surface area contributed by atoms with Gasteiger partial charge < -0.3 is 4.74 Å². The highest BCUT2D eigenvalue weighted by molar-refractivity contribution is 7.99. The van der Waals surface area contributed by atoms with Gasteiger partial charge in [0, 0.05) is 17.6 Å². The van der Waals surface area contributed by atoms with Gasteiger partial charge in [-0.05, 0) is 12.1 Å². The Morgan fingerprint density at radius 1 is 1.50 bits per heavy atom. The van der Waals surface area contributed by atoms with Crippen LogP contribution in [-0.2, 0) is 9.53 Å². The summed E-state index contributed by atoms with van der Waals surface area (Å²) in [5.41, 5.74) is 0.597. The van der Waals surface area contributed by atoms with Gasteiger partial charge >= 0.3 is 0 Å². The molecular weight excluding hydrogens is 172 g/mol. The molecule has 12 heavy (non-hydrogen) atoms. The van der Waals surface area contributed by atoms with Gasteiger partial charge in [0.25, 0.3) is 0 Å². The van der Waals surface area contributed by atoms with E-state index in [1.54, 1.807) is 13.2 Å². The summed E-state index contributed by atoms with van der Waals surface area (Å²) in [7, 11) is 1.63. The molecule has 1 aromatic carbocycles. The second-order valence-electron chi connectivity index (χ2n) is 2.15. The highest BCUT2D eigenvalue weighted by Gasteiger charge is 2.00. The zero-order valence-corrected chi connectivity index (χ0v) is 7.56. The van der Waals surface area contributed by atoms with Gasteiger partial charge in [-0.25, -0.2) is 0 Å². The summed E-state index contributed by atoms with van der Waals surface area (Å²) in [5.74, 6) is 0.554. The summed E-state index contributed by atoms with van der Waals surface area (Å²) < 4.78 is 4.88. The van der Waals surface area contributed by atoms with Gasteiger partial charge in [0.1, 0.15) is 0 Å². The maximum absolute atomic E-state index is 10.4. The van der Waals surface area contributed by atoms with Gasteiger partial charge in [0.2, 0.25) is 6.29 Å². The van der Waals surface area contributed by atoms with Crippen LogP contribution in [0, 0.1) is 0 Å². The quantitative estimate of drug-likeness (QED) is 0.523. The van der Waals surface area contributed by atoms with E-state index in [4.69, 9.17) is 4.74 Å². The molecule has 0 amide bonds. The van der Waals surface area contributed by atoms with E-state index in [-0.39, 0.29) is 0 Å². The van der Waals surface area contributed by atoms with E-state index in [0.29, 0.717) is 11.5 Å². The average Bonchev–Trinajstić information content (AvgIpc) is 2.15. The normalized spacial score (nSPS) is 9.75. The largest absolute Gasteiger partial charge is 0.374 e. The Morgan fingerprint density at radius 3 is 2.92 bits per heavy atom. The first kappa shape index (κ1) is 9.29. The number of methoxy groups -OCH3 is 1. The number of benzene rings is 1. The molecule has 63 valence electrons. The van der Waals surface area contributed by atoms with Crippen molar-refractivity contribution in [2.24, 2.45) is 0 Å². The fraction of sp³-hybridized carbons (Fsp3) is 0.222. The Balaban J connectivity index is 2.75. The van der Waals surface area contributed by atoms with E-state index in [1.807, 2.05) is 24.5 Å². The number of rotatable bonds is 4. The molecule has 1 aromatic rings. The Bertz CT molecular complexity index is 260. The second-order valence-corrected chi connectivity index (χ2v) is 3.11. The van der Waals surface area contributed by atoms with Crippen molar-refractivity contribution < 1.29 is 9.53 Å². The number of carbonyl (C=O) groups excluding carboxylic acids is 1. The molecule has 2 nitrogen and oxygen atoms in total. The first-order valence-corrected chi connectivity index (χ1v) is 4.46. The van der Waals surface area contributed by atoms with Crippen molar-refractivity contribution >= 4 is 18.0 Å². The molecule has 0 aliphatic carbocycles. The van der Waals surface area contributed by atoms with Crippen LogP contribution in [0.25, 0.3) is 0 Å². The molecule has 0 bridgehead atoms. The summed E-state index contributed by atoms with van der Waals surface area (Å²) >= 11 is 1.49. The van der Waals surface area contributed by atoms with Crippen LogP contribution in [0.2, 0.25) is 0 Å². The third-order valence-corrected chi connectivity index (χ3v) is 2.35. The van der Waals surface area contributed by atoms with Gasteiger partial charge in [-0.3, -0.25) is 4.79 Å². The van der Waals surface area contributed by atoms with Crippen molar-refractivity contribution in [3.63, 3.8) is 0 Å². The number of ether oxygens (including phenoxy) is 1. The first-order chi connectivity index (χ1) is 5.88. The Hall–Kier alpha value is -0.800. The topological polar surface area (TPSA) is 26.3 Å². The summed E-state index contributed by atoms with van der Waals surface area (Å²) in [5, 5.41) is 0. The first-order valence-electron chi connectivity index (χ1n) is 3.47. The summed E-state index contributed by atoms with van der Waals surface area (Å²) in [6.07, 6.45) is 1.88. The predicted molar refractivity (Wildman–Crippen MR) is 49.0 cm³/mol. The fourth-order valence-electron chi connectivity index (χ4n) is 0.799. The summed E-state index contributed by atoms with van der Waals surface area (Å²) in [6.45, 7) is 0. The molecule has 0 aliphatic rings. The molecule has 0 spiro atoms. The van der Waals surface area contributed by atoms with Crippen molar-refractivity contribution in [3.8, 4) is 0 Å². The van der Waals surface area contributed by atoms with Gasteiger partial charge in [-0.2, -0.15) is 0 Å². The van der Waals surface area contributed by atoms with E-state index in [1.165, 1.54) is 11.8 Å². The highest BCUT2D eigenvalue weighted by Crippen LogP contribution is 2.20. The van der Waals surface area contributed by atoms with Crippen LogP contribution >= 0.6 is 11.8 Å². The lowest BCUT2D eigenvalue weighted by Crippen LogP contribution is -1.87. The van der Waals surface area contributed by atoms with E-state index < -0.39 is 0 Å². The van der Waals surface area contributed by atoms with Gasteiger partial charge in [0.05, 0.1) is 5.94 Å². The monoisotopic (exact) mass is 181 g/mol. The third kappa shape index (κ3) is 2.36. The molecule has 0 unspecified atom stereocenters. The van der Waals surface area contributed by atoms with Crippen molar-refractivity contribution in [2.75, 3.05) is 13.0 Å². The van der Waals surface area contributed by atoms with Crippen molar-refractivity contribution in [3.05, 3.63) is 29.8 Å². The van der Waals surface area contributed by atoms with Gasteiger partial charge in [0.15, 0.2) is 0 Å². The summed E-state index contributed by atoms with van der Waals surface area (Å²) in [4.78, 5) is 11.3. The summed E-state index contributed by atoms with van der Waals surface area (Å²) in [6, 6.07) is 7.32. The number of thioether (sulfide) groups is 1. The maximum Gasteiger partial charge on any atom is 0.234 e. The Morgan fingerprint density at radius 2 is 2.25 bits per heavy atom. The molecule has 0 N–H and O–H groups in total. The standard InChI is InChI=1S/C9H9O2S/c1-11-7-12-9-5-3-2-4-8(9)6-10/h2-5H,7H2,1H3. The van der Waals surface area contributed by atoms with Gasteiger partial charge in [-0.15, -0.1) is 0 Å². The van der Waals surface area contributed by atoms with Gasteiger partial charge in [-0.1, -0.05) is 23.9 Å². The molecule has 0 aliphatic heterocycles. The van der Waals surface area contributed by atoms with Crippen molar-refractivity contribution in [2.45, 2.75) is 4.90 Å². The van der Waals surface area contributed by atoms with Crippen LogP contribution in [0.15, 0.2) is 29.2 Å². The smallest absolute Gasteiger partial charge is 0.234 e. The molecule has 3 heteroatoms. The molecule has 0 saturated heterocycles. The lowest BCUT2D eigenvalue weighted by molar-refractivity contribution is 0.259. The minimum atomic E-state index is 0.554. The SMILES string of the molecule is COCSc1ccccc1[C]=O. The van der Waals surface area contributed by atoms with Crippen LogP contribution in [0.3, 0.4) is 0 Å². The Labute approximate surface area is 75.9 Å². The zero-order chi connectivity index (χ0) is 8.81. The van der Waals surface area contributed by atoms with E-state index in [9.17, 15) is 4.79 Å². The number of hydrogen-bond donors (Lipinski definition) is 0. The molecule has 1 rings (SSSR count). The van der Waals surface area contributed by atoms with Crippen molar-refractivity contribution in [1.82, 2.24) is 0 Å². The molecule has 0 aromatic heterocycles. The lowest BCUT2D eigenvalue weighted by atomic mass is 10.2. The molecule has 0 heterocycles. The van der Waals surface area contributed by atoms with E-state index >= 15 is 0 Å². The second kappa shape index (κ2) is 4.95. The Kier molecular flexibility index (Phi) is 3.84. The number of hydrogen-bond acceptors (Lipinski definition) is 3. The fourth-order valence-corrected chi connectivity index (χ4v) is 1.48. The minimum Gasteiger partial charge on any atom is -0.374 e. The zero-order valence-electron chi connectivity index (χ0n) is 6.74. The van der Waals surface area contributed by atoms with Crippen molar-refractivity contribution in [1.29, 1.82) is 0 Å². The van der Waals surface area contributed by atoms with Crippen LogP contribution in [-0.4, -0.2) is 19.3 Å². The van der Waals surface area contributed by atoms with E-state index in [2.05, 4.69) is 0 Å². The molecule has 0 atom stereocenters. The molecule has 0 fully saturated rings. The predicted octanol–water partition coefficient (Wildman–Crippen LogP) is 1.84. The van der Waals surface area contributed by atoms with E-state index in [0.717, 1.165) is 4.90 Å². The van der Waals surface area contributed by atoms with Crippen LogP contribution in [0.5, 0.6) is 0 Å². The van der Waals surface area contributed by atoms with Crippen LogP contribution in [0.1, 0.15) is 5.56 Å². The molecule has 0 saturated carbocycles. The average molecular weight is 181 g/mol. The maximum atomic E-state index is 10.4. The molecular formula is C9H9O2S. The third-order valence-electron chi connectivity index (χ3n) is 1.33. The lowest BCUT2D eigenvalue weighted by Gasteiger charge is -2.01. The van der Waals surface area contributed by atoms with Crippen LogP contribution < -0.4 is 0 Å².